The molecule has 0 rings (SSSR count). The van der Waals surface area contributed by atoms with Gasteiger partial charge in [0.25, 0.3) is 0 Å². The summed E-state index contributed by atoms with van der Waals surface area (Å²) in [4.78, 5) is 37.9. The van der Waals surface area contributed by atoms with Crippen molar-refractivity contribution in [3.8, 4) is 0 Å². The molecule has 0 saturated carbocycles. The molecule has 58 heavy (non-hydrogen) atoms. The Labute approximate surface area is 361 Å². The molecule has 0 unspecified atom stereocenters. The van der Waals surface area contributed by atoms with Gasteiger partial charge in [0.15, 0.2) is 6.10 Å². The maximum Gasteiger partial charge on any atom is 0.306 e. The number of hydrogen-bond donors (Lipinski definition) is 0. The molecule has 6 nitrogen and oxygen atoms in total. The van der Waals surface area contributed by atoms with Crippen LogP contribution in [0.2, 0.25) is 0 Å². The van der Waals surface area contributed by atoms with Crippen LogP contribution in [-0.4, -0.2) is 37.2 Å². The van der Waals surface area contributed by atoms with E-state index in [1.807, 2.05) is 0 Å². The molecule has 0 bridgehead atoms. The lowest BCUT2D eigenvalue weighted by Crippen LogP contribution is -2.30. The van der Waals surface area contributed by atoms with Gasteiger partial charge in [0.1, 0.15) is 13.2 Å². The predicted octanol–water partition coefficient (Wildman–Crippen LogP) is 16.7. The van der Waals surface area contributed by atoms with E-state index in [2.05, 4.69) is 27.7 Å². The van der Waals surface area contributed by atoms with Crippen molar-refractivity contribution in [2.24, 2.45) is 5.92 Å². The van der Waals surface area contributed by atoms with Crippen LogP contribution in [0.1, 0.15) is 291 Å². The van der Waals surface area contributed by atoms with Crippen LogP contribution in [0.15, 0.2) is 0 Å². The minimum Gasteiger partial charge on any atom is -0.462 e. The minimum atomic E-state index is -0.761. The van der Waals surface area contributed by atoms with Crippen LogP contribution in [0, 0.1) is 5.92 Å². The number of carbonyl (C=O) groups is 3. The summed E-state index contributed by atoms with van der Waals surface area (Å²) in [5.41, 5.74) is 0. The summed E-state index contributed by atoms with van der Waals surface area (Å²) < 4.78 is 16.8. The van der Waals surface area contributed by atoms with E-state index >= 15 is 0 Å². The molecule has 0 aliphatic heterocycles. The van der Waals surface area contributed by atoms with Gasteiger partial charge < -0.3 is 14.2 Å². The number of carbonyl (C=O) groups excluding carboxylic acids is 3. The maximum atomic E-state index is 12.8. The molecule has 0 aromatic rings. The lowest BCUT2D eigenvalue weighted by atomic mass is 10.0. The minimum absolute atomic E-state index is 0.0635. The highest BCUT2D eigenvalue weighted by atomic mass is 16.6. The quantitative estimate of drug-likeness (QED) is 0.0346. The van der Waals surface area contributed by atoms with Crippen molar-refractivity contribution in [3.05, 3.63) is 0 Å². The van der Waals surface area contributed by atoms with Gasteiger partial charge in [-0.25, -0.2) is 0 Å². The van der Waals surface area contributed by atoms with E-state index in [4.69, 9.17) is 14.2 Å². The molecule has 0 amide bonds. The summed E-state index contributed by atoms with van der Waals surface area (Å²) in [5.74, 6) is -0.0858. The smallest absolute Gasteiger partial charge is 0.306 e. The van der Waals surface area contributed by atoms with Gasteiger partial charge in [-0.2, -0.15) is 0 Å². The summed E-state index contributed by atoms with van der Waals surface area (Å²) in [7, 11) is 0. The van der Waals surface area contributed by atoms with Crippen molar-refractivity contribution < 1.29 is 28.6 Å². The molecular weight excluding hydrogens is 721 g/mol. The Morgan fingerprint density at radius 1 is 0.328 bits per heavy atom. The first-order chi connectivity index (χ1) is 28.4. The number of unbranched alkanes of at least 4 members (excludes halogenated alkanes) is 34. The van der Waals surface area contributed by atoms with Gasteiger partial charge in [-0.05, 0) is 25.2 Å². The summed E-state index contributed by atoms with van der Waals surface area (Å²) in [6.45, 7) is 8.96. The highest BCUT2D eigenvalue weighted by molar-refractivity contribution is 5.71. The Hall–Kier alpha value is -1.59. The maximum absolute atomic E-state index is 12.8. The molecule has 0 spiro atoms. The third-order valence-electron chi connectivity index (χ3n) is 11.8. The molecule has 0 saturated heterocycles. The normalized spacial score (nSPS) is 11.9. The monoisotopic (exact) mass is 821 g/mol. The Bertz CT molecular complexity index is 872. The summed E-state index contributed by atoms with van der Waals surface area (Å²) in [5, 5.41) is 0. The van der Waals surface area contributed by atoms with E-state index in [0.29, 0.717) is 19.3 Å². The zero-order valence-corrected chi connectivity index (χ0v) is 39.5. The predicted molar refractivity (Wildman–Crippen MR) is 247 cm³/mol. The Morgan fingerprint density at radius 2 is 0.569 bits per heavy atom. The van der Waals surface area contributed by atoms with Crippen LogP contribution >= 0.6 is 0 Å². The largest absolute Gasteiger partial charge is 0.462 e. The van der Waals surface area contributed by atoms with Crippen molar-refractivity contribution in [1.29, 1.82) is 0 Å². The van der Waals surface area contributed by atoms with Crippen molar-refractivity contribution >= 4 is 17.9 Å². The fourth-order valence-electron chi connectivity index (χ4n) is 7.86. The van der Waals surface area contributed by atoms with Crippen LogP contribution in [-0.2, 0) is 28.6 Å². The molecule has 0 aromatic carbocycles. The third-order valence-corrected chi connectivity index (χ3v) is 11.8. The molecule has 344 valence electrons. The Morgan fingerprint density at radius 3 is 0.845 bits per heavy atom. The van der Waals surface area contributed by atoms with E-state index < -0.39 is 6.10 Å². The van der Waals surface area contributed by atoms with Crippen LogP contribution in [0.25, 0.3) is 0 Å². The summed E-state index contributed by atoms with van der Waals surface area (Å²) in [6.07, 6.45) is 48.1. The molecule has 0 N–H and O–H groups in total. The summed E-state index contributed by atoms with van der Waals surface area (Å²) in [6, 6.07) is 0. The average Bonchev–Trinajstić information content (AvgIpc) is 3.21. The second kappa shape index (κ2) is 46.5. The lowest BCUT2D eigenvalue weighted by Gasteiger charge is -2.18. The van der Waals surface area contributed by atoms with Gasteiger partial charge in [-0.15, -0.1) is 0 Å². The molecule has 0 aliphatic carbocycles. The number of esters is 3. The van der Waals surface area contributed by atoms with E-state index in [9.17, 15) is 14.4 Å². The molecule has 0 radical (unpaired) electrons. The van der Waals surface area contributed by atoms with Crippen LogP contribution in [0.4, 0.5) is 0 Å². The third kappa shape index (κ3) is 45.5. The first-order valence-corrected chi connectivity index (χ1v) is 25.9. The van der Waals surface area contributed by atoms with Crippen molar-refractivity contribution in [3.63, 3.8) is 0 Å². The van der Waals surface area contributed by atoms with Crippen LogP contribution < -0.4 is 0 Å². The highest BCUT2D eigenvalue weighted by Crippen LogP contribution is 2.17. The van der Waals surface area contributed by atoms with E-state index in [1.54, 1.807) is 0 Å². The van der Waals surface area contributed by atoms with Gasteiger partial charge in [0, 0.05) is 19.3 Å². The Balaban J connectivity index is 4.26. The van der Waals surface area contributed by atoms with E-state index in [1.165, 1.54) is 186 Å². The van der Waals surface area contributed by atoms with Gasteiger partial charge in [-0.3, -0.25) is 14.4 Å². The van der Waals surface area contributed by atoms with Crippen molar-refractivity contribution in [2.75, 3.05) is 13.2 Å². The molecule has 0 aliphatic rings. The fraction of sp³-hybridized carbons (Fsp3) is 0.942. The van der Waals surface area contributed by atoms with Crippen LogP contribution in [0.5, 0.6) is 0 Å². The van der Waals surface area contributed by atoms with Crippen LogP contribution in [0.3, 0.4) is 0 Å². The first-order valence-electron chi connectivity index (χ1n) is 25.9. The average molecular weight is 821 g/mol. The number of hydrogen-bond acceptors (Lipinski definition) is 6. The van der Waals surface area contributed by atoms with Crippen molar-refractivity contribution in [1.82, 2.24) is 0 Å². The molecule has 0 aromatic heterocycles. The molecule has 0 heterocycles. The molecule has 1 atom stereocenters. The van der Waals surface area contributed by atoms with Gasteiger partial charge >= 0.3 is 17.9 Å². The van der Waals surface area contributed by atoms with Gasteiger partial charge in [-0.1, -0.05) is 252 Å². The first kappa shape index (κ1) is 56.4. The topological polar surface area (TPSA) is 78.9 Å². The zero-order chi connectivity index (χ0) is 42.4. The highest BCUT2D eigenvalue weighted by Gasteiger charge is 2.19. The van der Waals surface area contributed by atoms with E-state index in [-0.39, 0.29) is 31.1 Å². The van der Waals surface area contributed by atoms with Gasteiger partial charge in [0.05, 0.1) is 0 Å². The number of ether oxygens (including phenoxy) is 3. The Kier molecular flexibility index (Phi) is 45.2. The second-order valence-corrected chi connectivity index (χ2v) is 18.3. The van der Waals surface area contributed by atoms with Crippen molar-refractivity contribution in [2.45, 2.75) is 297 Å². The molecular formula is C52H100O6. The fourth-order valence-corrected chi connectivity index (χ4v) is 7.86. The second-order valence-electron chi connectivity index (χ2n) is 18.3. The summed E-state index contributed by atoms with van der Waals surface area (Å²) >= 11 is 0. The zero-order valence-electron chi connectivity index (χ0n) is 39.5. The van der Waals surface area contributed by atoms with E-state index in [0.717, 1.165) is 63.7 Å². The van der Waals surface area contributed by atoms with Gasteiger partial charge in [0.2, 0.25) is 0 Å². The SMILES string of the molecule is CCCCCCCCCCCCCCCCCCC(=O)OC[C@H](COC(=O)CCCCCCCCC(C)C)OC(=O)CCCCCCCCCCCCCCCCC. The lowest BCUT2D eigenvalue weighted by molar-refractivity contribution is -0.167. The molecule has 0 fully saturated rings. The molecule has 6 heteroatoms. The standard InChI is InChI=1S/C52H100O6/c1-5-7-9-11-13-15-17-19-21-23-24-26-28-30-35-39-43-50(53)56-46-49(47-57-51(54)44-40-36-33-32-34-38-42-48(3)4)58-52(55)45-41-37-31-29-27-25-22-20-18-16-14-12-10-8-6-2/h48-49H,5-47H2,1-4H3/t49-/m1/s1. The number of rotatable bonds is 47.